The van der Waals surface area contributed by atoms with Gasteiger partial charge in [-0.1, -0.05) is 30.3 Å². The molecule has 138 valence electrons. The molecule has 0 atom stereocenters. The van der Waals surface area contributed by atoms with Crippen molar-refractivity contribution in [1.29, 1.82) is 0 Å². The van der Waals surface area contributed by atoms with Crippen LogP contribution in [0.2, 0.25) is 0 Å². The van der Waals surface area contributed by atoms with Gasteiger partial charge >= 0.3 is 0 Å². The average molecular weight is 373 g/mol. The summed E-state index contributed by atoms with van der Waals surface area (Å²) in [5.41, 5.74) is 1.12. The maximum absolute atomic E-state index is 13.0. The number of nitrogens with zero attached hydrogens (tertiary/aromatic N) is 1. The molecule has 1 aliphatic rings. The van der Waals surface area contributed by atoms with Crippen LogP contribution in [0.3, 0.4) is 0 Å². The molecule has 0 saturated carbocycles. The molecular weight excluding hydrogens is 347 g/mol. The summed E-state index contributed by atoms with van der Waals surface area (Å²) >= 11 is 1.76. The van der Waals surface area contributed by atoms with Crippen molar-refractivity contribution in [2.75, 3.05) is 25.4 Å². The van der Waals surface area contributed by atoms with Gasteiger partial charge in [0.25, 0.3) is 0 Å². The molecule has 0 spiro atoms. The lowest BCUT2D eigenvalue weighted by Gasteiger charge is -2.31. The highest BCUT2D eigenvalue weighted by atomic mass is 32.2. The van der Waals surface area contributed by atoms with E-state index in [1.54, 1.807) is 11.8 Å². The zero-order chi connectivity index (χ0) is 18.2. The van der Waals surface area contributed by atoms with Crippen molar-refractivity contribution in [1.82, 2.24) is 10.2 Å². The largest absolute Gasteiger partial charge is 0.355 e. The highest BCUT2D eigenvalue weighted by Crippen LogP contribution is 2.20. The standard InChI is InChI=1S/C21H25FN2OS/c22-19-8-6-17(7-9-19)16-24-13-10-18(11-14-24)21(25)23-12-15-26-20-4-2-1-3-5-20/h1-9,18H,10-16H2,(H,23,25). The SMILES string of the molecule is O=C(NCCSc1ccccc1)C1CCN(Cc2ccc(F)cc2)CC1. The van der Waals surface area contributed by atoms with Crippen LogP contribution in [0.25, 0.3) is 0 Å². The number of amides is 1. The molecular formula is C21H25FN2OS. The third-order valence-electron chi connectivity index (χ3n) is 4.69. The topological polar surface area (TPSA) is 32.3 Å². The van der Waals surface area contributed by atoms with Gasteiger partial charge in [0.1, 0.15) is 5.82 Å². The molecule has 1 N–H and O–H groups in total. The predicted octanol–water partition coefficient (Wildman–Crippen LogP) is 3.95. The van der Waals surface area contributed by atoms with Gasteiger partial charge < -0.3 is 5.32 Å². The van der Waals surface area contributed by atoms with Crippen LogP contribution < -0.4 is 5.32 Å². The van der Waals surface area contributed by atoms with Crippen molar-refractivity contribution in [3.8, 4) is 0 Å². The van der Waals surface area contributed by atoms with E-state index in [0.717, 1.165) is 43.8 Å². The van der Waals surface area contributed by atoms with Crippen molar-refractivity contribution in [2.45, 2.75) is 24.3 Å². The second-order valence-corrected chi connectivity index (χ2v) is 7.80. The number of rotatable bonds is 7. The minimum atomic E-state index is -0.199. The van der Waals surface area contributed by atoms with Crippen LogP contribution in [0.1, 0.15) is 18.4 Å². The summed E-state index contributed by atoms with van der Waals surface area (Å²) < 4.78 is 13.0. The Morgan fingerprint density at radius 3 is 2.46 bits per heavy atom. The Kier molecular flexibility index (Phi) is 7.09. The fourth-order valence-corrected chi connectivity index (χ4v) is 3.99. The normalized spacial score (nSPS) is 15.7. The molecule has 0 radical (unpaired) electrons. The van der Waals surface area contributed by atoms with Crippen LogP contribution in [0.15, 0.2) is 59.5 Å². The summed E-state index contributed by atoms with van der Waals surface area (Å²) in [5, 5.41) is 3.07. The van der Waals surface area contributed by atoms with Crippen LogP contribution >= 0.6 is 11.8 Å². The maximum atomic E-state index is 13.0. The quantitative estimate of drug-likeness (QED) is 0.590. The molecule has 0 aliphatic carbocycles. The van der Waals surface area contributed by atoms with Crippen molar-refractivity contribution in [2.24, 2.45) is 5.92 Å². The number of likely N-dealkylation sites (tertiary alicyclic amines) is 1. The molecule has 0 bridgehead atoms. The van der Waals surface area contributed by atoms with E-state index in [-0.39, 0.29) is 17.6 Å². The van der Waals surface area contributed by atoms with Crippen LogP contribution in [-0.2, 0) is 11.3 Å². The lowest BCUT2D eigenvalue weighted by Crippen LogP contribution is -2.40. The van der Waals surface area contributed by atoms with Crippen molar-refractivity contribution in [3.05, 3.63) is 66.0 Å². The van der Waals surface area contributed by atoms with Crippen LogP contribution in [0.4, 0.5) is 4.39 Å². The van der Waals surface area contributed by atoms with Gasteiger partial charge in [-0.2, -0.15) is 0 Å². The highest BCUT2D eigenvalue weighted by Gasteiger charge is 2.24. The first-order valence-electron chi connectivity index (χ1n) is 9.13. The summed E-state index contributed by atoms with van der Waals surface area (Å²) in [4.78, 5) is 15.9. The van der Waals surface area contributed by atoms with E-state index in [4.69, 9.17) is 0 Å². The molecule has 1 amide bonds. The Morgan fingerprint density at radius 1 is 1.08 bits per heavy atom. The highest BCUT2D eigenvalue weighted by molar-refractivity contribution is 7.99. The van der Waals surface area contributed by atoms with E-state index in [0.29, 0.717) is 6.54 Å². The molecule has 5 heteroatoms. The van der Waals surface area contributed by atoms with E-state index >= 15 is 0 Å². The lowest BCUT2D eigenvalue weighted by atomic mass is 9.95. The number of carbonyl (C=O) groups excluding carboxylic acids is 1. The molecule has 2 aromatic carbocycles. The van der Waals surface area contributed by atoms with Gasteiger partial charge in [0.2, 0.25) is 5.91 Å². The smallest absolute Gasteiger partial charge is 0.223 e. The van der Waals surface area contributed by atoms with Crippen molar-refractivity contribution < 1.29 is 9.18 Å². The van der Waals surface area contributed by atoms with E-state index in [1.807, 2.05) is 30.3 Å². The minimum absolute atomic E-state index is 0.112. The molecule has 3 nitrogen and oxygen atoms in total. The number of carbonyl (C=O) groups is 1. The maximum Gasteiger partial charge on any atom is 0.223 e. The molecule has 1 heterocycles. The average Bonchev–Trinajstić information content (AvgIpc) is 2.68. The van der Waals surface area contributed by atoms with Gasteiger partial charge in [-0.25, -0.2) is 4.39 Å². The minimum Gasteiger partial charge on any atom is -0.355 e. The summed E-state index contributed by atoms with van der Waals surface area (Å²) in [6.45, 7) is 3.35. The molecule has 1 fully saturated rings. The second kappa shape index (κ2) is 9.74. The van der Waals surface area contributed by atoms with Gasteiger partial charge in [-0.15, -0.1) is 11.8 Å². The van der Waals surface area contributed by atoms with E-state index in [9.17, 15) is 9.18 Å². The van der Waals surface area contributed by atoms with Crippen molar-refractivity contribution >= 4 is 17.7 Å². The lowest BCUT2D eigenvalue weighted by molar-refractivity contribution is -0.126. The number of nitrogens with one attached hydrogen (secondary N) is 1. The molecule has 26 heavy (non-hydrogen) atoms. The monoisotopic (exact) mass is 372 g/mol. The zero-order valence-corrected chi connectivity index (χ0v) is 15.7. The molecule has 1 saturated heterocycles. The first-order chi connectivity index (χ1) is 12.7. The fraction of sp³-hybridized carbons (Fsp3) is 0.381. The Balaban J connectivity index is 1.33. The Hall–Kier alpha value is -1.85. The van der Waals surface area contributed by atoms with Gasteiger partial charge in [0.15, 0.2) is 0 Å². The van der Waals surface area contributed by atoms with E-state index in [2.05, 4.69) is 22.3 Å². The van der Waals surface area contributed by atoms with E-state index < -0.39 is 0 Å². The fourth-order valence-electron chi connectivity index (χ4n) is 3.21. The van der Waals surface area contributed by atoms with Crippen LogP contribution in [0.5, 0.6) is 0 Å². The Morgan fingerprint density at radius 2 is 1.77 bits per heavy atom. The molecule has 3 rings (SSSR count). The second-order valence-electron chi connectivity index (χ2n) is 6.63. The van der Waals surface area contributed by atoms with Gasteiger partial charge in [0.05, 0.1) is 0 Å². The summed E-state index contributed by atoms with van der Waals surface area (Å²) in [5.74, 6) is 0.981. The number of hydrogen-bond acceptors (Lipinski definition) is 3. The molecule has 1 aliphatic heterocycles. The summed E-state index contributed by atoms with van der Waals surface area (Å²) in [7, 11) is 0. The zero-order valence-electron chi connectivity index (χ0n) is 14.9. The first kappa shape index (κ1) is 18.9. The number of benzene rings is 2. The Bertz CT molecular complexity index is 685. The van der Waals surface area contributed by atoms with E-state index in [1.165, 1.54) is 17.0 Å². The predicted molar refractivity (Wildman–Crippen MR) is 105 cm³/mol. The number of piperidine rings is 1. The third kappa shape index (κ3) is 5.85. The van der Waals surface area contributed by atoms with Crippen LogP contribution in [-0.4, -0.2) is 36.2 Å². The third-order valence-corrected chi connectivity index (χ3v) is 5.70. The molecule has 0 unspecified atom stereocenters. The summed E-state index contributed by atoms with van der Waals surface area (Å²) in [6, 6.07) is 16.9. The number of thioether (sulfide) groups is 1. The van der Waals surface area contributed by atoms with Crippen LogP contribution in [0, 0.1) is 11.7 Å². The Labute approximate surface area is 159 Å². The van der Waals surface area contributed by atoms with Gasteiger partial charge in [-0.05, 0) is 55.8 Å². The number of halogens is 1. The van der Waals surface area contributed by atoms with Gasteiger partial charge in [-0.3, -0.25) is 9.69 Å². The molecule has 2 aromatic rings. The van der Waals surface area contributed by atoms with Crippen molar-refractivity contribution in [3.63, 3.8) is 0 Å². The first-order valence-corrected chi connectivity index (χ1v) is 10.1. The molecule has 0 aromatic heterocycles. The summed E-state index contributed by atoms with van der Waals surface area (Å²) in [6.07, 6.45) is 1.78. The van der Waals surface area contributed by atoms with Gasteiger partial charge in [0, 0.05) is 29.7 Å². The number of hydrogen-bond donors (Lipinski definition) is 1.